The minimum absolute atomic E-state index is 0.376. The van der Waals surface area contributed by atoms with Gasteiger partial charge >= 0.3 is 0 Å². The zero-order valence-corrected chi connectivity index (χ0v) is 10.9. The van der Waals surface area contributed by atoms with Crippen molar-refractivity contribution in [2.45, 2.75) is 52.1 Å². The average Bonchev–Trinajstić information content (AvgIpc) is 2.20. The molecule has 0 radical (unpaired) electrons. The van der Waals surface area contributed by atoms with E-state index in [-0.39, 0.29) is 0 Å². The number of hydrogen-bond acceptors (Lipinski definition) is 3. The van der Waals surface area contributed by atoms with Crippen LogP contribution in [0.1, 0.15) is 46.0 Å². The first-order valence-corrected chi connectivity index (χ1v) is 8.44. The van der Waals surface area contributed by atoms with Gasteiger partial charge in [0.05, 0.1) is 12.7 Å². The summed E-state index contributed by atoms with van der Waals surface area (Å²) >= 11 is 5.45. The fraction of sp³-hybridized carbons (Fsp3) is 1.00. The normalized spacial score (nSPS) is 23.3. The van der Waals surface area contributed by atoms with Crippen LogP contribution in [-0.2, 0) is 20.9 Å². The topological polar surface area (TPSA) is 18.5 Å². The first-order valence-electron chi connectivity index (χ1n) is 5.62. The van der Waals surface area contributed by atoms with Gasteiger partial charge in [-0.3, -0.25) is 0 Å². The fourth-order valence-corrected chi connectivity index (χ4v) is 3.92. The summed E-state index contributed by atoms with van der Waals surface area (Å²) in [4.78, 5) is 0. The van der Waals surface area contributed by atoms with E-state index in [1.807, 2.05) is 6.92 Å². The molecule has 0 aromatic carbocycles. The Hall–Kier alpha value is 0.570. The third-order valence-corrected chi connectivity index (χ3v) is 5.97. The van der Waals surface area contributed by atoms with Crippen LogP contribution in [0, 0.1) is 0 Å². The Labute approximate surface area is 92.5 Å². The Morgan fingerprint density at radius 3 is 2.36 bits per heavy atom. The number of hydrogen-bond donors (Lipinski definition) is 0. The van der Waals surface area contributed by atoms with Crippen LogP contribution in [0.4, 0.5) is 0 Å². The lowest BCUT2D eigenvalue weighted by molar-refractivity contribution is 0.142. The second kappa shape index (κ2) is 6.22. The van der Waals surface area contributed by atoms with Gasteiger partial charge in [0, 0.05) is 6.16 Å². The summed E-state index contributed by atoms with van der Waals surface area (Å²) in [5, 5.41) is 0. The van der Waals surface area contributed by atoms with E-state index >= 15 is 0 Å². The fourth-order valence-electron chi connectivity index (χ4n) is 1.79. The van der Waals surface area contributed by atoms with Gasteiger partial charge in [0.15, 0.2) is 6.49 Å². The highest BCUT2D eigenvalue weighted by Gasteiger charge is 2.23. The largest absolute Gasteiger partial charge is 0.330 e. The third-order valence-electron chi connectivity index (χ3n) is 2.57. The van der Waals surface area contributed by atoms with Gasteiger partial charge in [-0.1, -0.05) is 26.2 Å². The Morgan fingerprint density at radius 1 is 1.21 bits per heavy atom. The summed E-state index contributed by atoms with van der Waals surface area (Å²) in [7, 11) is 0. The molecule has 4 heteroatoms. The lowest BCUT2D eigenvalue weighted by Crippen LogP contribution is -2.16. The van der Waals surface area contributed by atoms with E-state index in [9.17, 15) is 0 Å². The van der Waals surface area contributed by atoms with E-state index in [1.165, 1.54) is 32.1 Å². The van der Waals surface area contributed by atoms with Gasteiger partial charge in [0.25, 0.3) is 0 Å². The summed E-state index contributed by atoms with van der Waals surface area (Å²) in [6.07, 6.45) is 7.50. The molecule has 1 unspecified atom stereocenters. The van der Waals surface area contributed by atoms with E-state index in [0.717, 1.165) is 6.16 Å². The number of rotatable bonds is 5. The van der Waals surface area contributed by atoms with Gasteiger partial charge in [-0.15, -0.1) is 0 Å². The molecular formula is C10H21O2PS. The van der Waals surface area contributed by atoms with Crippen LogP contribution in [0.3, 0.4) is 0 Å². The molecule has 1 saturated carbocycles. The molecule has 0 spiro atoms. The van der Waals surface area contributed by atoms with Gasteiger partial charge < -0.3 is 9.05 Å². The Bertz CT molecular complexity index is 202. The summed E-state index contributed by atoms with van der Waals surface area (Å²) in [6.45, 7) is 2.80. The molecule has 0 heterocycles. The maximum Gasteiger partial charge on any atom is 0.188 e. The van der Waals surface area contributed by atoms with Crippen LogP contribution in [0.2, 0.25) is 0 Å². The molecule has 1 rings (SSSR count). The molecule has 1 fully saturated rings. The SMILES string of the molecule is CCOP(=S)(CC)OC1CCCCC1. The van der Waals surface area contributed by atoms with Crippen molar-refractivity contribution in [1.29, 1.82) is 0 Å². The molecule has 0 aliphatic heterocycles. The second-order valence-electron chi connectivity index (χ2n) is 3.71. The molecule has 0 saturated heterocycles. The van der Waals surface area contributed by atoms with Gasteiger partial charge in [0.2, 0.25) is 0 Å². The molecule has 84 valence electrons. The van der Waals surface area contributed by atoms with Crippen LogP contribution >= 0.6 is 6.49 Å². The van der Waals surface area contributed by atoms with Crippen molar-refractivity contribution in [2.75, 3.05) is 12.8 Å². The summed E-state index contributed by atoms with van der Waals surface area (Å²) in [5.41, 5.74) is 0. The second-order valence-corrected chi connectivity index (χ2v) is 7.70. The summed E-state index contributed by atoms with van der Waals surface area (Å²) in [6, 6.07) is 0. The van der Waals surface area contributed by atoms with E-state index in [1.54, 1.807) is 0 Å². The monoisotopic (exact) mass is 236 g/mol. The van der Waals surface area contributed by atoms with Crippen LogP contribution in [0.25, 0.3) is 0 Å². The highest BCUT2D eigenvalue weighted by Crippen LogP contribution is 2.50. The summed E-state index contributed by atoms with van der Waals surface area (Å²) in [5.74, 6) is 0. The first kappa shape index (κ1) is 12.6. The zero-order valence-electron chi connectivity index (χ0n) is 9.20. The first-order chi connectivity index (χ1) is 6.70. The molecule has 14 heavy (non-hydrogen) atoms. The molecule has 0 bridgehead atoms. The molecule has 1 atom stereocenters. The Morgan fingerprint density at radius 2 is 1.86 bits per heavy atom. The molecule has 1 aliphatic carbocycles. The van der Waals surface area contributed by atoms with Crippen LogP contribution < -0.4 is 0 Å². The maximum atomic E-state index is 5.97. The zero-order chi connectivity index (χ0) is 10.4. The van der Waals surface area contributed by atoms with Gasteiger partial charge in [-0.05, 0) is 31.6 Å². The van der Waals surface area contributed by atoms with Crippen molar-refractivity contribution in [2.24, 2.45) is 0 Å². The molecular weight excluding hydrogens is 215 g/mol. The van der Waals surface area contributed by atoms with E-state index < -0.39 is 6.49 Å². The van der Waals surface area contributed by atoms with Crippen molar-refractivity contribution in [3.8, 4) is 0 Å². The molecule has 0 aromatic rings. The Balaban J connectivity index is 2.41. The van der Waals surface area contributed by atoms with Gasteiger partial charge in [-0.25, -0.2) is 0 Å². The van der Waals surface area contributed by atoms with Crippen LogP contribution in [0.15, 0.2) is 0 Å². The average molecular weight is 236 g/mol. The van der Waals surface area contributed by atoms with Crippen molar-refractivity contribution in [3.05, 3.63) is 0 Å². The van der Waals surface area contributed by atoms with Crippen molar-refractivity contribution in [3.63, 3.8) is 0 Å². The molecule has 2 nitrogen and oxygen atoms in total. The molecule has 1 aliphatic rings. The highest BCUT2D eigenvalue weighted by molar-refractivity contribution is 8.09. The lowest BCUT2D eigenvalue weighted by atomic mass is 9.98. The predicted molar refractivity (Wildman–Crippen MR) is 64.4 cm³/mol. The van der Waals surface area contributed by atoms with E-state index in [2.05, 4.69) is 6.92 Å². The van der Waals surface area contributed by atoms with Crippen molar-refractivity contribution < 1.29 is 9.05 Å². The third kappa shape index (κ3) is 3.98. The van der Waals surface area contributed by atoms with Crippen LogP contribution in [0.5, 0.6) is 0 Å². The lowest BCUT2D eigenvalue weighted by Gasteiger charge is -2.28. The van der Waals surface area contributed by atoms with Gasteiger partial charge in [0.1, 0.15) is 0 Å². The van der Waals surface area contributed by atoms with Gasteiger partial charge in [-0.2, -0.15) is 0 Å². The predicted octanol–water partition coefficient (Wildman–Crippen LogP) is 3.70. The maximum absolute atomic E-state index is 5.97. The molecule has 0 N–H and O–H groups in total. The van der Waals surface area contributed by atoms with Crippen molar-refractivity contribution >= 4 is 18.3 Å². The summed E-state index contributed by atoms with van der Waals surface area (Å²) < 4.78 is 11.6. The standard InChI is InChI=1S/C10H21O2PS/c1-3-11-13(14,4-2)12-10-8-6-5-7-9-10/h10H,3-9H2,1-2H3. The molecule has 0 amide bonds. The minimum Gasteiger partial charge on any atom is -0.330 e. The highest BCUT2D eigenvalue weighted by atomic mass is 32.5. The minimum atomic E-state index is -1.94. The smallest absolute Gasteiger partial charge is 0.188 e. The Kier molecular flexibility index (Phi) is 5.61. The van der Waals surface area contributed by atoms with Crippen molar-refractivity contribution in [1.82, 2.24) is 0 Å². The van der Waals surface area contributed by atoms with E-state index in [4.69, 9.17) is 20.9 Å². The molecule has 0 aromatic heterocycles. The van der Waals surface area contributed by atoms with E-state index in [0.29, 0.717) is 12.7 Å². The quantitative estimate of drug-likeness (QED) is 0.678. The van der Waals surface area contributed by atoms with Crippen LogP contribution in [-0.4, -0.2) is 18.9 Å².